The molecule has 4 nitrogen and oxygen atoms in total. The third-order valence-corrected chi connectivity index (χ3v) is 3.53. The monoisotopic (exact) mass is 329 g/mol. The molecule has 1 heterocycles. The van der Waals surface area contributed by atoms with Crippen molar-refractivity contribution in [3.05, 3.63) is 52.5 Å². The van der Waals surface area contributed by atoms with Gasteiger partial charge in [0.1, 0.15) is 6.04 Å². The van der Waals surface area contributed by atoms with Crippen molar-refractivity contribution < 1.29 is 18.0 Å². The molecule has 2 aromatic rings. The third kappa shape index (κ3) is 5.03. The highest BCUT2D eigenvalue weighted by atomic mass is 32.1. The van der Waals surface area contributed by atoms with Crippen molar-refractivity contribution in [1.29, 1.82) is 0 Å². The summed E-state index contributed by atoms with van der Waals surface area (Å²) in [6.45, 7) is 0.0885. The van der Waals surface area contributed by atoms with Crippen LogP contribution in [0.3, 0.4) is 0 Å². The fourth-order valence-corrected chi connectivity index (χ4v) is 2.36. The molecule has 0 fully saturated rings. The van der Waals surface area contributed by atoms with E-state index in [1.165, 1.54) is 11.3 Å². The van der Waals surface area contributed by atoms with E-state index in [4.69, 9.17) is 0 Å². The Morgan fingerprint density at radius 2 is 2.00 bits per heavy atom. The second-order valence-electron chi connectivity index (χ2n) is 4.59. The van der Waals surface area contributed by atoms with E-state index in [9.17, 15) is 18.0 Å². The van der Waals surface area contributed by atoms with E-state index in [0.717, 1.165) is 0 Å². The Morgan fingerprint density at radius 1 is 1.27 bits per heavy atom. The Bertz CT molecular complexity index is 587. The number of thiazole rings is 1. The number of alkyl halides is 3. The molecular weight excluding hydrogens is 315 g/mol. The Balaban J connectivity index is 1.93. The number of benzene rings is 1. The van der Waals surface area contributed by atoms with Crippen LogP contribution in [-0.4, -0.2) is 23.2 Å². The maximum absolute atomic E-state index is 13.0. The first-order chi connectivity index (χ1) is 10.4. The zero-order valence-corrected chi connectivity index (χ0v) is 12.2. The molecule has 0 radical (unpaired) electrons. The first kappa shape index (κ1) is 16.3. The van der Waals surface area contributed by atoms with Gasteiger partial charge < -0.3 is 10.6 Å². The predicted molar refractivity (Wildman–Crippen MR) is 77.5 cm³/mol. The molecule has 1 atom stereocenters. The molecule has 1 unspecified atom stereocenters. The average Bonchev–Trinajstić information content (AvgIpc) is 2.98. The molecule has 2 amide bonds. The summed E-state index contributed by atoms with van der Waals surface area (Å²) in [5, 5.41) is 6.05. The van der Waals surface area contributed by atoms with Gasteiger partial charge in [-0.1, -0.05) is 30.3 Å². The van der Waals surface area contributed by atoms with Crippen LogP contribution in [0.4, 0.5) is 18.0 Å². The molecule has 0 saturated carbocycles. The molecule has 2 N–H and O–H groups in total. The highest BCUT2D eigenvalue weighted by Gasteiger charge is 2.40. The number of carbonyl (C=O) groups is 1. The standard InChI is InChI=1S/C14H14F3N3OS/c15-14(16,17)12(6-10-4-2-1-3-5-10)20-13(21)18-7-11-8-22-9-19-11/h1-5,8-9,12H,6-7H2,(H2,18,20,21). The molecule has 0 aliphatic rings. The highest BCUT2D eigenvalue weighted by molar-refractivity contribution is 7.07. The number of hydrogen-bond donors (Lipinski definition) is 2. The minimum absolute atomic E-state index is 0.0885. The van der Waals surface area contributed by atoms with Crippen LogP contribution in [0.25, 0.3) is 0 Å². The fourth-order valence-electron chi connectivity index (χ4n) is 1.80. The second-order valence-corrected chi connectivity index (χ2v) is 5.31. The molecule has 0 aliphatic carbocycles. The Kier molecular flexibility index (Phi) is 5.37. The van der Waals surface area contributed by atoms with Gasteiger partial charge in [-0.3, -0.25) is 0 Å². The maximum Gasteiger partial charge on any atom is 0.408 e. The lowest BCUT2D eigenvalue weighted by molar-refractivity contribution is -0.152. The van der Waals surface area contributed by atoms with Crippen molar-refractivity contribution >= 4 is 17.4 Å². The van der Waals surface area contributed by atoms with Crippen LogP contribution in [0, 0.1) is 0 Å². The number of aromatic nitrogens is 1. The largest absolute Gasteiger partial charge is 0.408 e. The Labute approximate surface area is 129 Å². The van der Waals surface area contributed by atoms with Crippen LogP contribution in [0.5, 0.6) is 0 Å². The fraction of sp³-hybridized carbons (Fsp3) is 0.286. The minimum atomic E-state index is -4.52. The topological polar surface area (TPSA) is 54.0 Å². The van der Waals surface area contributed by atoms with E-state index in [1.54, 1.807) is 41.2 Å². The quantitative estimate of drug-likeness (QED) is 0.885. The second kappa shape index (κ2) is 7.26. The van der Waals surface area contributed by atoms with Crippen LogP contribution >= 0.6 is 11.3 Å². The van der Waals surface area contributed by atoms with Gasteiger partial charge in [-0.15, -0.1) is 11.3 Å². The minimum Gasteiger partial charge on any atom is -0.332 e. The van der Waals surface area contributed by atoms with E-state index in [-0.39, 0.29) is 13.0 Å². The van der Waals surface area contributed by atoms with Crippen molar-refractivity contribution in [2.24, 2.45) is 0 Å². The van der Waals surface area contributed by atoms with Crippen LogP contribution in [-0.2, 0) is 13.0 Å². The molecule has 8 heteroatoms. The smallest absolute Gasteiger partial charge is 0.332 e. The SMILES string of the molecule is O=C(NCc1cscn1)NC(Cc1ccccc1)C(F)(F)F. The lowest BCUT2D eigenvalue weighted by Gasteiger charge is -2.22. The average molecular weight is 329 g/mol. The van der Waals surface area contributed by atoms with Gasteiger partial charge in [-0.25, -0.2) is 9.78 Å². The van der Waals surface area contributed by atoms with Gasteiger partial charge in [0, 0.05) is 11.8 Å². The van der Waals surface area contributed by atoms with Gasteiger partial charge in [0.05, 0.1) is 17.7 Å². The first-order valence-corrected chi connectivity index (χ1v) is 7.41. The number of nitrogens with one attached hydrogen (secondary N) is 2. The molecule has 0 saturated heterocycles. The van der Waals surface area contributed by atoms with Gasteiger partial charge in [-0.05, 0) is 5.56 Å². The summed E-state index contributed by atoms with van der Waals surface area (Å²) in [7, 11) is 0. The van der Waals surface area contributed by atoms with Gasteiger partial charge in [0.25, 0.3) is 0 Å². The summed E-state index contributed by atoms with van der Waals surface area (Å²) in [5.41, 5.74) is 2.69. The first-order valence-electron chi connectivity index (χ1n) is 6.47. The zero-order valence-electron chi connectivity index (χ0n) is 11.4. The number of rotatable bonds is 5. The van der Waals surface area contributed by atoms with Crippen LogP contribution in [0.15, 0.2) is 41.2 Å². The van der Waals surface area contributed by atoms with E-state index >= 15 is 0 Å². The number of amides is 2. The van der Waals surface area contributed by atoms with Gasteiger partial charge in [0.15, 0.2) is 0 Å². The van der Waals surface area contributed by atoms with Gasteiger partial charge >= 0.3 is 12.2 Å². The zero-order chi connectivity index (χ0) is 16.0. The van der Waals surface area contributed by atoms with Crippen molar-refractivity contribution in [3.8, 4) is 0 Å². The molecule has 118 valence electrons. The van der Waals surface area contributed by atoms with Crippen LogP contribution < -0.4 is 10.6 Å². The normalized spacial score (nSPS) is 12.7. The summed E-state index contributed by atoms with van der Waals surface area (Å²) >= 11 is 1.35. The summed E-state index contributed by atoms with van der Waals surface area (Å²) in [4.78, 5) is 15.6. The van der Waals surface area contributed by atoms with Crippen LogP contribution in [0.1, 0.15) is 11.3 Å². The van der Waals surface area contributed by atoms with Gasteiger partial charge in [0.2, 0.25) is 0 Å². The Morgan fingerprint density at radius 3 is 2.59 bits per heavy atom. The maximum atomic E-state index is 13.0. The van der Waals surface area contributed by atoms with Gasteiger partial charge in [-0.2, -0.15) is 13.2 Å². The number of nitrogens with zero attached hydrogens (tertiary/aromatic N) is 1. The van der Waals surface area contributed by atoms with E-state index < -0.39 is 18.2 Å². The van der Waals surface area contributed by atoms with E-state index in [2.05, 4.69) is 10.3 Å². The lowest BCUT2D eigenvalue weighted by atomic mass is 10.1. The molecule has 0 spiro atoms. The summed E-state index contributed by atoms with van der Waals surface area (Å²) in [6.07, 6.45) is -4.83. The molecule has 1 aromatic carbocycles. The van der Waals surface area contributed by atoms with Crippen molar-refractivity contribution in [2.45, 2.75) is 25.2 Å². The van der Waals surface area contributed by atoms with Crippen molar-refractivity contribution in [2.75, 3.05) is 0 Å². The lowest BCUT2D eigenvalue weighted by Crippen LogP contribution is -2.50. The molecule has 22 heavy (non-hydrogen) atoms. The van der Waals surface area contributed by atoms with Crippen LogP contribution in [0.2, 0.25) is 0 Å². The molecule has 0 aliphatic heterocycles. The van der Waals surface area contributed by atoms with Crippen molar-refractivity contribution in [3.63, 3.8) is 0 Å². The number of hydrogen-bond acceptors (Lipinski definition) is 3. The predicted octanol–water partition coefficient (Wildman–Crippen LogP) is 3.12. The molecule has 0 bridgehead atoms. The van der Waals surface area contributed by atoms with E-state index in [0.29, 0.717) is 11.3 Å². The van der Waals surface area contributed by atoms with E-state index in [1.807, 2.05) is 5.32 Å². The third-order valence-electron chi connectivity index (χ3n) is 2.90. The Hall–Kier alpha value is -2.09. The van der Waals surface area contributed by atoms with Crippen molar-refractivity contribution in [1.82, 2.24) is 15.6 Å². The summed E-state index contributed by atoms with van der Waals surface area (Å²) < 4.78 is 39.1. The molecule has 2 rings (SSSR count). The molecular formula is C14H14F3N3OS. The molecule has 1 aromatic heterocycles. The number of urea groups is 1. The highest BCUT2D eigenvalue weighted by Crippen LogP contribution is 2.23. The summed E-state index contributed by atoms with van der Waals surface area (Å²) in [5.74, 6) is 0. The summed E-state index contributed by atoms with van der Waals surface area (Å²) in [6, 6.07) is 5.41. The number of carbonyl (C=O) groups excluding carboxylic acids is 1. The number of halogens is 3.